The molecule has 122 valence electrons. The Kier molecular flexibility index (Phi) is 5.61. The molecule has 1 aliphatic rings. The van der Waals surface area contributed by atoms with E-state index in [2.05, 4.69) is 26.3 Å². The molecule has 1 atom stereocenters. The third kappa shape index (κ3) is 3.51. The second kappa shape index (κ2) is 7.26. The van der Waals surface area contributed by atoms with E-state index in [4.69, 9.17) is 0 Å². The molecule has 1 fully saturated rings. The Morgan fingerprint density at radius 3 is 2.77 bits per heavy atom. The van der Waals surface area contributed by atoms with Crippen LogP contribution in [-0.4, -0.2) is 46.1 Å². The molecule has 7 heteroatoms. The number of nitrogens with one attached hydrogen (secondary N) is 1. The summed E-state index contributed by atoms with van der Waals surface area (Å²) < 4.78 is 2.34. The molecule has 22 heavy (non-hydrogen) atoms. The third-order valence-corrected chi connectivity index (χ3v) is 4.90. The first kappa shape index (κ1) is 17.0. The number of amides is 2. The lowest BCUT2D eigenvalue weighted by Crippen LogP contribution is -2.45. The molecule has 6 nitrogen and oxygen atoms in total. The molecule has 2 amide bonds. The summed E-state index contributed by atoms with van der Waals surface area (Å²) in [5, 5.41) is 7.19. The lowest BCUT2D eigenvalue weighted by molar-refractivity contribution is -0.126. The molecular formula is C15H23BrN4O2. The Labute approximate surface area is 139 Å². The van der Waals surface area contributed by atoms with Gasteiger partial charge in [0.1, 0.15) is 4.60 Å². The van der Waals surface area contributed by atoms with Crippen LogP contribution in [0, 0.1) is 12.8 Å². The summed E-state index contributed by atoms with van der Waals surface area (Å²) in [4.78, 5) is 26.6. The first-order valence-corrected chi connectivity index (χ1v) is 8.51. The van der Waals surface area contributed by atoms with Gasteiger partial charge >= 0.3 is 0 Å². The van der Waals surface area contributed by atoms with Crippen molar-refractivity contribution in [2.24, 2.45) is 13.0 Å². The molecule has 0 bridgehead atoms. The normalized spacial score (nSPS) is 18.4. The van der Waals surface area contributed by atoms with E-state index in [9.17, 15) is 9.59 Å². The second-order valence-electron chi connectivity index (χ2n) is 5.76. The van der Waals surface area contributed by atoms with E-state index in [0.29, 0.717) is 35.5 Å². The van der Waals surface area contributed by atoms with Gasteiger partial charge in [0.25, 0.3) is 5.91 Å². The zero-order valence-corrected chi connectivity index (χ0v) is 14.9. The van der Waals surface area contributed by atoms with E-state index in [0.717, 1.165) is 19.3 Å². The molecule has 1 N–H and O–H groups in total. The SMILES string of the molecule is CCCNC(=O)[C@H]1CCCN(C(=O)c2c(C)nn(C)c2Br)C1. The van der Waals surface area contributed by atoms with Gasteiger partial charge in [-0.25, -0.2) is 0 Å². The molecule has 0 aliphatic carbocycles. The van der Waals surface area contributed by atoms with Crippen molar-refractivity contribution >= 4 is 27.7 Å². The number of likely N-dealkylation sites (tertiary alicyclic amines) is 1. The number of carbonyl (C=O) groups excluding carboxylic acids is 2. The lowest BCUT2D eigenvalue weighted by atomic mass is 9.96. The van der Waals surface area contributed by atoms with Crippen LogP contribution in [0.25, 0.3) is 0 Å². The molecule has 0 unspecified atom stereocenters. The predicted octanol–water partition coefficient (Wildman–Crippen LogP) is 1.87. The number of hydrogen-bond acceptors (Lipinski definition) is 3. The summed E-state index contributed by atoms with van der Waals surface area (Å²) in [6.07, 6.45) is 2.61. The van der Waals surface area contributed by atoms with Crippen LogP contribution in [0.2, 0.25) is 0 Å². The minimum Gasteiger partial charge on any atom is -0.356 e. The minimum atomic E-state index is -0.111. The molecule has 2 heterocycles. The van der Waals surface area contributed by atoms with Crippen molar-refractivity contribution < 1.29 is 9.59 Å². The van der Waals surface area contributed by atoms with Crippen molar-refractivity contribution in [2.75, 3.05) is 19.6 Å². The summed E-state index contributed by atoms with van der Waals surface area (Å²) in [6, 6.07) is 0. The van der Waals surface area contributed by atoms with Gasteiger partial charge in [-0.1, -0.05) is 6.92 Å². The Morgan fingerprint density at radius 2 is 2.18 bits per heavy atom. The zero-order chi connectivity index (χ0) is 16.3. The van der Waals surface area contributed by atoms with Crippen LogP contribution in [-0.2, 0) is 11.8 Å². The highest BCUT2D eigenvalue weighted by Crippen LogP contribution is 2.24. The molecule has 1 saturated heterocycles. The highest BCUT2D eigenvalue weighted by molar-refractivity contribution is 9.10. The van der Waals surface area contributed by atoms with Gasteiger partial charge < -0.3 is 10.2 Å². The van der Waals surface area contributed by atoms with Crippen LogP contribution in [0.5, 0.6) is 0 Å². The molecule has 0 radical (unpaired) electrons. The lowest BCUT2D eigenvalue weighted by Gasteiger charge is -2.32. The molecule has 2 rings (SSSR count). The number of hydrogen-bond donors (Lipinski definition) is 1. The summed E-state index contributed by atoms with van der Waals surface area (Å²) in [5.41, 5.74) is 1.30. The Balaban J connectivity index is 2.08. The number of aryl methyl sites for hydroxylation is 2. The van der Waals surface area contributed by atoms with E-state index >= 15 is 0 Å². The monoisotopic (exact) mass is 370 g/mol. The van der Waals surface area contributed by atoms with E-state index < -0.39 is 0 Å². The zero-order valence-electron chi connectivity index (χ0n) is 13.4. The average Bonchev–Trinajstić information content (AvgIpc) is 2.77. The van der Waals surface area contributed by atoms with E-state index in [1.54, 1.807) is 16.6 Å². The standard InChI is InChI=1S/C15H23BrN4O2/c1-4-7-17-14(21)11-6-5-8-20(9-11)15(22)12-10(2)18-19(3)13(12)16/h11H,4-9H2,1-3H3,(H,17,21)/t11-/m0/s1. The summed E-state index contributed by atoms with van der Waals surface area (Å²) in [6.45, 7) is 5.72. The first-order chi connectivity index (χ1) is 10.5. The summed E-state index contributed by atoms with van der Waals surface area (Å²) in [7, 11) is 1.80. The second-order valence-corrected chi connectivity index (χ2v) is 6.51. The van der Waals surface area contributed by atoms with Gasteiger partial charge in [0.15, 0.2) is 0 Å². The molecule has 1 aliphatic heterocycles. The molecule has 1 aromatic heterocycles. The maximum absolute atomic E-state index is 12.7. The van der Waals surface area contributed by atoms with Crippen LogP contribution in [0.1, 0.15) is 42.2 Å². The van der Waals surface area contributed by atoms with Gasteiger partial charge in [0.2, 0.25) is 5.91 Å². The number of rotatable bonds is 4. The van der Waals surface area contributed by atoms with Gasteiger partial charge in [-0.15, -0.1) is 0 Å². The molecule has 0 spiro atoms. The molecular weight excluding hydrogens is 348 g/mol. The first-order valence-electron chi connectivity index (χ1n) is 7.71. The minimum absolute atomic E-state index is 0.0505. The quantitative estimate of drug-likeness (QED) is 0.879. The van der Waals surface area contributed by atoms with Crippen molar-refractivity contribution in [3.63, 3.8) is 0 Å². The number of halogens is 1. The topological polar surface area (TPSA) is 67.2 Å². The van der Waals surface area contributed by atoms with Crippen molar-refractivity contribution in [3.05, 3.63) is 15.9 Å². The van der Waals surface area contributed by atoms with Crippen LogP contribution in [0.15, 0.2) is 4.60 Å². The fourth-order valence-electron chi connectivity index (χ4n) is 2.80. The fourth-order valence-corrected chi connectivity index (χ4v) is 3.34. The van der Waals surface area contributed by atoms with Crippen LogP contribution >= 0.6 is 15.9 Å². The molecule has 0 aromatic carbocycles. The van der Waals surface area contributed by atoms with Crippen molar-refractivity contribution in [1.82, 2.24) is 20.0 Å². The third-order valence-electron chi connectivity index (χ3n) is 3.99. The maximum Gasteiger partial charge on any atom is 0.258 e. The Morgan fingerprint density at radius 1 is 1.45 bits per heavy atom. The molecule has 0 saturated carbocycles. The largest absolute Gasteiger partial charge is 0.356 e. The van der Waals surface area contributed by atoms with Gasteiger partial charge in [-0.2, -0.15) is 5.10 Å². The molecule has 1 aromatic rings. The number of carbonyl (C=O) groups is 2. The highest BCUT2D eigenvalue weighted by Gasteiger charge is 2.31. The Bertz CT molecular complexity index is 570. The Hall–Kier alpha value is -1.37. The fraction of sp³-hybridized carbons (Fsp3) is 0.667. The smallest absolute Gasteiger partial charge is 0.258 e. The van der Waals surface area contributed by atoms with Crippen molar-refractivity contribution in [2.45, 2.75) is 33.1 Å². The van der Waals surface area contributed by atoms with Gasteiger partial charge in [-0.3, -0.25) is 14.3 Å². The van der Waals surface area contributed by atoms with E-state index in [1.807, 2.05) is 13.8 Å². The number of aromatic nitrogens is 2. The summed E-state index contributed by atoms with van der Waals surface area (Å²) >= 11 is 3.42. The highest BCUT2D eigenvalue weighted by atomic mass is 79.9. The maximum atomic E-state index is 12.7. The van der Waals surface area contributed by atoms with E-state index in [-0.39, 0.29) is 17.7 Å². The van der Waals surface area contributed by atoms with Gasteiger partial charge in [0, 0.05) is 26.7 Å². The predicted molar refractivity (Wildman–Crippen MR) is 87.6 cm³/mol. The van der Waals surface area contributed by atoms with Crippen molar-refractivity contribution in [1.29, 1.82) is 0 Å². The number of piperidine rings is 1. The van der Waals surface area contributed by atoms with Gasteiger partial charge in [0.05, 0.1) is 17.2 Å². The van der Waals surface area contributed by atoms with Crippen LogP contribution in [0.3, 0.4) is 0 Å². The summed E-state index contributed by atoms with van der Waals surface area (Å²) in [5.74, 6) is -0.105. The number of nitrogens with zero attached hydrogens (tertiary/aromatic N) is 3. The average molecular weight is 371 g/mol. The van der Waals surface area contributed by atoms with Crippen LogP contribution in [0.4, 0.5) is 0 Å². The van der Waals surface area contributed by atoms with E-state index in [1.165, 1.54) is 0 Å². The van der Waals surface area contributed by atoms with Gasteiger partial charge in [-0.05, 0) is 42.1 Å². The van der Waals surface area contributed by atoms with Crippen molar-refractivity contribution in [3.8, 4) is 0 Å². The van der Waals surface area contributed by atoms with Crippen LogP contribution < -0.4 is 5.32 Å².